The first-order valence-corrected chi connectivity index (χ1v) is 4.96. The molecular formula is C12H14N2O2. The Hall–Kier alpha value is -2.02. The Morgan fingerprint density at radius 2 is 2.38 bits per heavy atom. The Morgan fingerprint density at radius 1 is 1.69 bits per heavy atom. The second-order valence-corrected chi connectivity index (χ2v) is 3.69. The van der Waals surface area contributed by atoms with Crippen LogP contribution in [0.5, 0.6) is 0 Å². The molecule has 0 aliphatic rings. The fraction of sp³-hybridized carbons (Fsp3) is 0.333. The molecule has 0 amide bonds. The van der Waals surface area contributed by atoms with Crippen LogP contribution in [0.4, 0.5) is 5.69 Å². The number of rotatable bonds is 4. The van der Waals surface area contributed by atoms with Crippen molar-refractivity contribution in [3.63, 3.8) is 0 Å². The second kappa shape index (κ2) is 4.67. The van der Waals surface area contributed by atoms with Crippen LogP contribution in [0, 0.1) is 12.3 Å². The molecule has 4 heteroatoms. The molecule has 0 saturated heterocycles. The summed E-state index contributed by atoms with van der Waals surface area (Å²) in [4.78, 5) is 14.4. The lowest BCUT2D eigenvalue weighted by atomic mass is 10.00. The van der Waals surface area contributed by atoms with E-state index >= 15 is 0 Å². The molecule has 1 heterocycles. The highest BCUT2D eigenvalue weighted by molar-refractivity contribution is 5.85. The number of carboxylic acids is 1. The van der Waals surface area contributed by atoms with Gasteiger partial charge in [0.1, 0.15) is 5.69 Å². The van der Waals surface area contributed by atoms with Crippen LogP contribution in [0.15, 0.2) is 18.3 Å². The van der Waals surface area contributed by atoms with Crippen LogP contribution in [0.3, 0.4) is 0 Å². The molecule has 0 aliphatic carbocycles. The summed E-state index contributed by atoms with van der Waals surface area (Å²) in [6.07, 6.45) is 7.65. The number of aromatic carboxylic acids is 1. The molecule has 2 N–H and O–H groups in total. The maximum Gasteiger partial charge on any atom is 0.354 e. The van der Waals surface area contributed by atoms with Crippen molar-refractivity contribution in [3.05, 3.63) is 24.0 Å². The third-order valence-electron chi connectivity index (χ3n) is 2.43. The summed E-state index contributed by atoms with van der Waals surface area (Å²) in [6, 6.07) is 3.10. The third-order valence-corrected chi connectivity index (χ3v) is 2.43. The Morgan fingerprint density at radius 3 is 2.75 bits per heavy atom. The Bertz CT molecular complexity index is 420. The van der Waals surface area contributed by atoms with Gasteiger partial charge in [-0.05, 0) is 25.5 Å². The van der Waals surface area contributed by atoms with Crippen LogP contribution in [0.1, 0.15) is 30.8 Å². The van der Waals surface area contributed by atoms with Gasteiger partial charge in [-0.1, -0.05) is 12.8 Å². The maximum absolute atomic E-state index is 10.6. The van der Waals surface area contributed by atoms with Crippen LogP contribution < -0.4 is 5.32 Å². The van der Waals surface area contributed by atoms with E-state index in [1.807, 2.05) is 13.8 Å². The molecule has 0 aromatic carbocycles. The molecule has 0 fully saturated rings. The molecule has 1 rings (SSSR count). The number of anilines is 1. The van der Waals surface area contributed by atoms with Crippen LogP contribution in [-0.2, 0) is 0 Å². The van der Waals surface area contributed by atoms with Gasteiger partial charge in [0.15, 0.2) is 0 Å². The minimum atomic E-state index is -1.04. The fourth-order valence-electron chi connectivity index (χ4n) is 1.14. The summed E-state index contributed by atoms with van der Waals surface area (Å²) in [5.41, 5.74) is 0.295. The number of nitrogens with zero attached hydrogens (tertiary/aromatic N) is 1. The quantitative estimate of drug-likeness (QED) is 0.759. The smallest absolute Gasteiger partial charge is 0.354 e. The molecule has 84 valence electrons. The van der Waals surface area contributed by atoms with Gasteiger partial charge >= 0.3 is 5.97 Å². The first kappa shape index (κ1) is 12.1. The summed E-state index contributed by atoms with van der Waals surface area (Å²) in [7, 11) is 0. The highest BCUT2D eigenvalue weighted by Gasteiger charge is 2.18. The van der Waals surface area contributed by atoms with Gasteiger partial charge in [-0.2, -0.15) is 0 Å². The third kappa shape index (κ3) is 2.74. The minimum absolute atomic E-state index is 0.0180. The predicted molar refractivity (Wildman–Crippen MR) is 62.3 cm³/mol. The number of pyridine rings is 1. The monoisotopic (exact) mass is 218 g/mol. The first-order chi connectivity index (χ1) is 7.50. The van der Waals surface area contributed by atoms with E-state index in [1.54, 1.807) is 6.07 Å². The summed E-state index contributed by atoms with van der Waals surface area (Å²) in [5.74, 6) is 1.62. The topological polar surface area (TPSA) is 62.2 Å². The van der Waals surface area contributed by atoms with Crippen molar-refractivity contribution >= 4 is 11.7 Å². The lowest BCUT2D eigenvalue weighted by molar-refractivity contribution is 0.0690. The van der Waals surface area contributed by atoms with Gasteiger partial charge < -0.3 is 10.4 Å². The molecule has 0 bridgehead atoms. The summed E-state index contributed by atoms with van der Waals surface area (Å²) >= 11 is 0. The van der Waals surface area contributed by atoms with Gasteiger partial charge in [-0.3, -0.25) is 0 Å². The minimum Gasteiger partial charge on any atom is -0.477 e. The van der Waals surface area contributed by atoms with E-state index in [4.69, 9.17) is 11.5 Å². The molecule has 1 aromatic rings. The van der Waals surface area contributed by atoms with Gasteiger partial charge in [-0.25, -0.2) is 9.78 Å². The molecule has 4 nitrogen and oxygen atoms in total. The number of nitrogens with one attached hydrogen (secondary N) is 1. The molecule has 16 heavy (non-hydrogen) atoms. The van der Waals surface area contributed by atoms with Crippen molar-refractivity contribution < 1.29 is 9.90 Å². The van der Waals surface area contributed by atoms with Gasteiger partial charge in [0, 0.05) is 0 Å². The van der Waals surface area contributed by atoms with Crippen LogP contribution in [-0.4, -0.2) is 21.6 Å². The second-order valence-electron chi connectivity index (χ2n) is 3.69. The van der Waals surface area contributed by atoms with Crippen molar-refractivity contribution in [2.45, 2.75) is 25.8 Å². The van der Waals surface area contributed by atoms with E-state index in [9.17, 15) is 4.79 Å². The van der Waals surface area contributed by atoms with Crippen molar-refractivity contribution in [3.8, 4) is 12.3 Å². The number of carbonyl (C=O) groups is 1. The predicted octanol–water partition coefficient (Wildman–Crippen LogP) is 1.99. The molecule has 0 aliphatic heterocycles. The average molecular weight is 218 g/mol. The number of hydrogen-bond donors (Lipinski definition) is 2. The standard InChI is InChI=1S/C12H14N2O2/c1-4-12(3,5-2)14-9-6-7-10(11(15)16)13-8-9/h1,6-8,14H,5H2,2-3H3,(H,15,16). The SMILES string of the molecule is C#CC(C)(CC)Nc1ccc(C(=O)O)nc1. The van der Waals surface area contributed by atoms with Crippen molar-refractivity contribution in [2.75, 3.05) is 5.32 Å². The molecule has 0 saturated carbocycles. The lowest BCUT2D eigenvalue weighted by Gasteiger charge is -2.24. The van der Waals surface area contributed by atoms with Crippen LogP contribution >= 0.6 is 0 Å². The van der Waals surface area contributed by atoms with E-state index in [1.165, 1.54) is 12.3 Å². The number of carboxylic acid groups (broad SMARTS) is 1. The Labute approximate surface area is 94.7 Å². The molecule has 0 radical (unpaired) electrons. The average Bonchev–Trinajstić information content (AvgIpc) is 2.29. The van der Waals surface area contributed by atoms with Gasteiger partial charge in [0.25, 0.3) is 0 Å². The number of terminal acetylenes is 1. The molecular weight excluding hydrogens is 204 g/mol. The zero-order chi connectivity index (χ0) is 12.2. The van der Waals surface area contributed by atoms with Crippen molar-refractivity contribution in [1.29, 1.82) is 0 Å². The highest BCUT2D eigenvalue weighted by atomic mass is 16.4. The Kier molecular flexibility index (Phi) is 3.51. The van der Waals surface area contributed by atoms with Crippen molar-refractivity contribution in [2.24, 2.45) is 0 Å². The van der Waals surface area contributed by atoms with E-state index < -0.39 is 11.5 Å². The summed E-state index contributed by atoms with van der Waals surface area (Å²) < 4.78 is 0. The Balaban J connectivity index is 2.84. The van der Waals surface area contributed by atoms with E-state index in [0.29, 0.717) is 5.69 Å². The molecule has 1 unspecified atom stereocenters. The van der Waals surface area contributed by atoms with E-state index in [-0.39, 0.29) is 5.69 Å². The fourth-order valence-corrected chi connectivity index (χ4v) is 1.14. The van der Waals surface area contributed by atoms with E-state index in [2.05, 4.69) is 16.2 Å². The van der Waals surface area contributed by atoms with Crippen LogP contribution in [0.2, 0.25) is 0 Å². The number of aromatic nitrogens is 1. The van der Waals surface area contributed by atoms with Gasteiger partial charge in [-0.15, -0.1) is 6.42 Å². The first-order valence-electron chi connectivity index (χ1n) is 4.96. The zero-order valence-corrected chi connectivity index (χ0v) is 9.32. The molecule has 1 aromatic heterocycles. The van der Waals surface area contributed by atoms with Gasteiger partial charge in [0.2, 0.25) is 0 Å². The highest BCUT2D eigenvalue weighted by Crippen LogP contribution is 2.16. The molecule has 0 spiro atoms. The zero-order valence-electron chi connectivity index (χ0n) is 9.32. The van der Waals surface area contributed by atoms with Crippen molar-refractivity contribution in [1.82, 2.24) is 4.98 Å². The number of hydrogen-bond acceptors (Lipinski definition) is 3. The largest absolute Gasteiger partial charge is 0.477 e. The van der Waals surface area contributed by atoms with Crippen LogP contribution in [0.25, 0.3) is 0 Å². The van der Waals surface area contributed by atoms with Gasteiger partial charge in [0.05, 0.1) is 17.4 Å². The normalized spacial score (nSPS) is 13.6. The van der Waals surface area contributed by atoms with E-state index in [0.717, 1.165) is 6.42 Å². The summed E-state index contributed by atoms with van der Waals surface area (Å²) in [5, 5.41) is 11.8. The molecule has 1 atom stereocenters. The summed E-state index contributed by atoms with van der Waals surface area (Å²) in [6.45, 7) is 3.88. The lowest BCUT2D eigenvalue weighted by Crippen LogP contribution is -2.31. The maximum atomic E-state index is 10.6.